The monoisotopic (exact) mass is 248 g/mol. The Morgan fingerprint density at radius 2 is 1.82 bits per heavy atom. The molecule has 2 rings (SSSR count). The van der Waals surface area contributed by atoms with Crippen LogP contribution in [0.2, 0.25) is 5.02 Å². The van der Waals surface area contributed by atoms with Crippen molar-refractivity contribution < 1.29 is 4.79 Å². The van der Waals surface area contributed by atoms with Crippen LogP contribution in [0.5, 0.6) is 0 Å². The standard InChI is InChI=1S/C13H13ClN2O/c14-12-5-3-11(4-6-12)9-15-13(17)10-16-7-1-2-8-16/h1-8H,9-10H2,(H,15,17). The first kappa shape index (κ1) is 11.7. The highest BCUT2D eigenvalue weighted by molar-refractivity contribution is 6.30. The summed E-state index contributed by atoms with van der Waals surface area (Å²) in [6, 6.07) is 11.2. The van der Waals surface area contributed by atoms with E-state index in [-0.39, 0.29) is 5.91 Å². The molecule has 0 aliphatic carbocycles. The van der Waals surface area contributed by atoms with Crippen molar-refractivity contribution in [2.75, 3.05) is 0 Å². The van der Waals surface area contributed by atoms with Gasteiger partial charge in [-0.2, -0.15) is 0 Å². The number of carbonyl (C=O) groups is 1. The van der Waals surface area contributed by atoms with Gasteiger partial charge < -0.3 is 9.88 Å². The van der Waals surface area contributed by atoms with Crippen LogP contribution in [0.4, 0.5) is 0 Å². The summed E-state index contributed by atoms with van der Waals surface area (Å²) in [5, 5.41) is 3.56. The molecule has 0 aliphatic heterocycles. The first-order valence-corrected chi connectivity index (χ1v) is 5.74. The summed E-state index contributed by atoms with van der Waals surface area (Å²) < 4.78 is 1.83. The molecule has 88 valence electrons. The highest BCUT2D eigenvalue weighted by Crippen LogP contribution is 2.09. The fourth-order valence-electron chi connectivity index (χ4n) is 1.50. The second kappa shape index (κ2) is 5.55. The minimum atomic E-state index is -0.00356. The zero-order valence-electron chi connectivity index (χ0n) is 9.27. The molecule has 3 nitrogen and oxygen atoms in total. The van der Waals surface area contributed by atoms with Gasteiger partial charge in [0.25, 0.3) is 0 Å². The van der Waals surface area contributed by atoms with Gasteiger partial charge in [0.15, 0.2) is 0 Å². The lowest BCUT2D eigenvalue weighted by Gasteiger charge is -2.06. The molecule has 1 N–H and O–H groups in total. The first-order chi connectivity index (χ1) is 8.24. The molecule has 17 heavy (non-hydrogen) atoms. The molecule has 1 heterocycles. The molecule has 0 radical (unpaired) electrons. The fourth-order valence-corrected chi connectivity index (χ4v) is 1.63. The van der Waals surface area contributed by atoms with Gasteiger partial charge in [0.1, 0.15) is 6.54 Å². The third kappa shape index (κ3) is 3.64. The van der Waals surface area contributed by atoms with Crippen LogP contribution in [0.1, 0.15) is 5.56 Å². The Bertz CT molecular complexity index is 477. The molecule has 0 aliphatic rings. The van der Waals surface area contributed by atoms with E-state index in [0.717, 1.165) is 5.56 Å². The number of nitrogens with zero attached hydrogens (tertiary/aromatic N) is 1. The number of carbonyl (C=O) groups excluding carboxylic acids is 1. The van der Waals surface area contributed by atoms with Crippen LogP contribution in [0.3, 0.4) is 0 Å². The second-order valence-corrected chi connectivity index (χ2v) is 4.20. The molecule has 0 atom stereocenters. The smallest absolute Gasteiger partial charge is 0.240 e. The lowest BCUT2D eigenvalue weighted by Crippen LogP contribution is -2.26. The van der Waals surface area contributed by atoms with E-state index in [9.17, 15) is 4.79 Å². The molecule has 0 bridgehead atoms. The Balaban J connectivity index is 1.82. The SMILES string of the molecule is O=C(Cn1cccc1)NCc1ccc(Cl)cc1. The summed E-state index contributed by atoms with van der Waals surface area (Å²) in [5.41, 5.74) is 1.04. The van der Waals surface area contributed by atoms with Crippen molar-refractivity contribution in [3.8, 4) is 0 Å². The molecular formula is C13H13ClN2O. The van der Waals surface area contributed by atoms with Crippen LogP contribution in [-0.2, 0) is 17.9 Å². The highest BCUT2D eigenvalue weighted by Gasteiger charge is 2.01. The van der Waals surface area contributed by atoms with Crippen molar-refractivity contribution in [2.45, 2.75) is 13.1 Å². The molecule has 0 saturated carbocycles. The molecule has 4 heteroatoms. The van der Waals surface area contributed by atoms with Gasteiger partial charge in [-0.1, -0.05) is 23.7 Å². The Labute approximate surface area is 105 Å². The van der Waals surface area contributed by atoms with Gasteiger partial charge in [-0.25, -0.2) is 0 Å². The van der Waals surface area contributed by atoms with Crippen molar-refractivity contribution in [3.05, 3.63) is 59.4 Å². The molecule has 0 saturated heterocycles. The summed E-state index contributed by atoms with van der Waals surface area (Å²) in [7, 11) is 0. The zero-order chi connectivity index (χ0) is 12.1. The van der Waals surface area contributed by atoms with Crippen LogP contribution in [0.15, 0.2) is 48.8 Å². The van der Waals surface area contributed by atoms with Crippen molar-refractivity contribution in [1.29, 1.82) is 0 Å². The Kier molecular flexibility index (Phi) is 3.83. The maximum atomic E-state index is 11.6. The van der Waals surface area contributed by atoms with E-state index in [1.165, 1.54) is 0 Å². The van der Waals surface area contributed by atoms with Gasteiger partial charge >= 0.3 is 0 Å². The van der Waals surface area contributed by atoms with Crippen LogP contribution >= 0.6 is 11.6 Å². The summed E-state index contributed by atoms with van der Waals surface area (Å²) in [6.07, 6.45) is 3.73. The Morgan fingerprint density at radius 1 is 1.18 bits per heavy atom. The molecule has 0 fully saturated rings. The lowest BCUT2D eigenvalue weighted by molar-refractivity contribution is -0.121. The van der Waals surface area contributed by atoms with E-state index in [2.05, 4.69) is 5.32 Å². The topological polar surface area (TPSA) is 34.0 Å². The van der Waals surface area contributed by atoms with Crippen LogP contribution < -0.4 is 5.32 Å². The fraction of sp³-hybridized carbons (Fsp3) is 0.154. The van der Waals surface area contributed by atoms with E-state index in [4.69, 9.17) is 11.6 Å². The zero-order valence-corrected chi connectivity index (χ0v) is 10.0. The Morgan fingerprint density at radius 3 is 2.47 bits per heavy atom. The summed E-state index contributed by atoms with van der Waals surface area (Å²) in [6.45, 7) is 0.873. The number of hydrogen-bond donors (Lipinski definition) is 1. The minimum absolute atomic E-state index is 0.00356. The number of halogens is 1. The molecule has 1 aromatic heterocycles. The average Bonchev–Trinajstić information content (AvgIpc) is 2.81. The Hall–Kier alpha value is -1.74. The lowest BCUT2D eigenvalue weighted by atomic mass is 10.2. The van der Waals surface area contributed by atoms with Gasteiger partial charge in [-0.3, -0.25) is 4.79 Å². The van der Waals surface area contributed by atoms with Crippen LogP contribution in [0, 0.1) is 0 Å². The third-order valence-corrected chi connectivity index (χ3v) is 2.65. The van der Waals surface area contributed by atoms with Crippen molar-refractivity contribution in [1.82, 2.24) is 9.88 Å². The van der Waals surface area contributed by atoms with E-state index < -0.39 is 0 Å². The first-order valence-electron chi connectivity index (χ1n) is 5.36. The number of nitrogens with one attached hydrogen (secondary N) is 1. The van der Waals surface area contributed by atoms with Crippen molar-refractivity contribution in [3.63, 3.8) is 0 Å². The molecular weight excluding hydrogens is 236 g/mol. The molecule has 0 unspecified atom stereocenters. The van der Waals surface area contributed by atoms with Crippen molar-refractivity contribution >= 4 is 17.5 Å². The van der Waals surface area contributed by atoms with E-state index in [1.807, 2.05) is 53.4 Å². The molecule has 2 aromatic rings. The maximum Gasteiger partial charge on any atom is 0.240 e. The average molecular weight is 249 g/mol. The van der Waals surface area contributed by atoms with Crippen LogP contribution in [-0.4, -0.2) is 10.5 Å². The second-order valence-electron chi connectivity index (χ2n) is 3.76. The summed E-state index contributed by atoms with van der Waals surface area (Å²) in [4.78, 5) is 11.6. The minimum Gasteiger partial charge on any atom is -0.350 e. The molecule has 0 spiro atoms. The number of amides is 1. The maximum absolute atomic E-state index is 11.6. The van der Waals surface area contributed by atoms with E-state index >= 15 is 0 Å². The summed E-state index contributed by atoms with van der Waals surface area (Å²) in [5.74, 6) is -0.00356. The predicted octanol–water partition coefficient (Wildman–Crippen LogP) is 2.46. The highest BCUT2D eigenvalue weighted by atomic mass is 35.5. The van der Waals surface area contributed by atoms with Crippen LogP contribution in [0.25, 0.3) is 0 Å². The van der Waals surface area contributed by atoms with E-state index in [1.54, 1.807) is 0 Å². The number of rotatable bonds is 4. The number of benzene rings is 1. The van der Waals surface area contributed by atoms with Gasteiger partial charge in [0, 0.05) is 24.0 Å². The molecule has 1 aromatic carbocycles. The van der Waals surface area contributed by atoms with Gasteiger partial charge in [0.2, 0.25) is 5.91 Å². The quantitative estimate of drug-likeness (QED) is 0.886. The third-order valence-electron chi connectivity index (χ3n) is 2.40. The number of aromatic nitrogens is 1. The number of hydrogen-bond acceptors (Lipinski definition) is 1. The van der Waals surface area contributed by atoms with Gasteiger partial charge in [-0.05, 0) is 29.8 Å². The van der Waals surface area contributed by atoms with Gasteiger partial charge in [-0.15, -0.1) is 0 Å². The normalized spacial score (nSPS) is 10.2. The molecule has 1 amide bonds. The van der Waals surface area contributed by atoms with E-state index in [0.29, 0.717) is 18.1 Å². The summed E-state index contributed by atoms with van der Waals surface area (Å²) >= 11 is 5.78. The predicted molar refractivity (Wildman–Crippen MR) is 67.7 cm³/mol. The largest absolute Gasteiger partial charge is 0.350 e. The van der Waals surface area contributed by atoms with Crippen molar-refractivity contribution in [2.24, 2.45) is 0 Å². The van der Waals surface area contributed by atoms with Gasteiger partial charge in [0.05, 0.1) is 0 Å².